The van der Waals surface area contributed by atoms with E-state index in [0.717, 1.165) is 4.57 Å². The minimum absolute atomic E-state index is 0.290. The number of hydrogen-bond acceptors (Lipinski definition) is 4. The van der Waals surface area contributed by atoms with E-state index in [1.165, 1.54) is 0 Å². The van der Waals surface area contributed by atoms with Crippen molar-refractivity contribution >= 4 is 0 Å². The summed E-state index contributed by atoms with van der Waals surface area (Å²) < 4.78 is 32.8. The summed E-state index contributed by atoms with van der Waals surface area (Å²) in [6.45, 7) is 2.46. The van der Waals surface area contributed by atoms with Gasteiger partial charge in [-0.15, -0.1) is 0 Å². The highest BCUT2D eigenvalue weighted by Gasteiger charge is 2.52. The molecule has 8 heteroatoms. The molecule has 1 aliphatic rings. The third kappa shape index (κ3) is 2.08. The summed E-state index contributed by atoms with van der Waals surface area (Å²) in [5.74, 6) is -1.76. The van der Waals surface area contributed by atoms with Crippen LogP contribution < -0.4 is 11.2 Å². The van der Waals surface area contributed by atoms with Gasteiger partial charge in [0.2, 0.25) is 5.82 Å². The zero-order chi connectivity index (χ0) is 15.1. The predicted octanol–water partition coefficient (Wildman–Crippen LogP) is 0.320. The Hall–Kier alpha value is -1.54. The van der Waals surface area contributed by atoms with Gasteiger partial charge in [-0.05, 0) is 6.42 Å². The van der Waals surface area contributed by atoms with Crippen molar-refractivity contribution in [2.24, 2.45) is 5.92 Å². The first-order valence-electron chi connectivity index (χ1n) is 6.29. The molecule has 0 unspecified atom stereocenters. The Morgan fingerprint density at radius 1 is 1.55 bits per heavy atom. The molecule has 0 bridgehead atoms. The van der Waals surface area contributed by atoms with Gasteiger partial charge in [0, 0.05) is 5.92 Å². The van der Waals surface area contributed by atoms with Crippen LogP contribution in [0.3, 0.4) is 0 Å². The van der Waals surface area contributed by atoms with Crippen LogP contribution in [-0.2, 0) is 4.74 Å². The molecule has 112 valence electrons. The summed E-state index contributed by atoms with van der Waals surface area (Å²) in [5, 5.41) is 10.1. The summed E-state index contributed by atoms with van der Waals surface area (Å²) in [5.41, 5.74) is -3.30. The van der Waals surface area contributed by atoms with Gasteiger partial charge < -0.3 is 9.84 Å². The second kappa shape index (κ2) is 5.10. The Balaban J connectivity index is 2.47. The van der Waals surface area contributed by atoms with E-state index in [-0.39, 0.29) is 0 Å². The van der Waals surface area contributed by atoms with Gasteiger partial charge in [0.1, 0.15) is 18.4 Å². The normalized spacial score (nSPS) is 33.5. The molecule has 1 fully saturated rings. The minimum Gasteiger partial charge on any atom is -0.388 e. The molecule has 1 saturated heterocycles. The molecule has 2 N–H and O–H groups in total. The van der Waals surface area contributed by atoms with Crippen LogP contribution in [0.25, 0.3) is 0 Å². The fraction of sp³-hybridized carbons (Fsp3) is 0.667. The molecule has 0 saturated carbocycles. The highest BCUT2D eigenvalue weighted by molar-refractivity contribution is 4.99. The average Bonchev–Trinajstić information content (AvgIpc) is 2.68. The summed E-state index contributed by atoms with van der Waals surface area (Å²) >= 11 is 0. The summed E-state index contributed by atoms with van der Waals surface area (Å²) in [7, 11) is 0. The Bertz CT molecular complexity index is 608. The van der Waals surface area contributed by atoms with E-state index < -0.39 is 47.6 Å². The van der Waals surface area contributed by atoms with Crippen molar-refractivity contribution in [3.63, 3.8) is 0 Å². The van der Waals surface area contributed by atoms with E-state index in [1.807, 2.05) is 0 Å². The third-order valence-electron chi connectivity index (χ3n) is 4.01. The first-order valence-corrected chi connectivity index (χ1v) is 6.29. The van der Waals surface area contributed by atoms with Crippen LogP contribution in [0.15, 0.2) is 15.8 Å². The van der Waals surface area contributed by atoms with Crippen molar-refractivity contribution in [2.75, 3.05) is 6.67 Å². The standard InChI is InChI=1S/C12H16F2N2O4/c1-3-12(5-13)6(2)8(17)10(20-12)16-4-7(14)9(18)15-11(16)19/h4,6,8,10,17H,3,5H2,1-2H3,(H,15,18,19)/t6-,8-,10+,12-/m0/s1. The lowest BCUT2D eigenvalue weighted by Crippen LogP contribution is -2.38. The van der Waals surface area contributed by atoms with Gasteiger partial charge >= 0.3 is 5.69 Å². The molecule has 4 atom stereocenters. The Kier molecular flexibility index (Phi) is 3.79. The number of aliphatic hydroxyl groups is 1. The summed E-state index contributed by atoms with van der Waals surface area (Å²) in [6.07, 6.45) is -1.47. The molecule has 1 aromatic heterocycles. The van der Waals surface area contributed by atoms with E-state index in [0.29, 0.717) is 12.6 Å². The van der Waals surface area contributed by atoms with Crippen LogP contribution in [0.2, 0.25) is 0 Å². The molecule has 1 aliphatic heterocycles. The number of halogens is 2. The number of aromatic nitrogens is 2. The third-order valence-corrected chi connectivity index (χ3v) is 4.01. The maximum atomic E-state index is 13.3. The number of nitrogens with zero attached hydrogens (tertiary/aromatic N) is 1. The van der Waals surface area contributed by atoms with E-state index in [2.05, 4.69) is 0 Å². The lowest BCUT2D eigenvalue weighted by molar-refractivity contribution is -0.106. The number of hydrogen-bond donors (Lipinski definition) is 2. The van der Waals surface area contributed by atoms with E-state index in [4.69, 9.17) is 4.74 Å². The van der Waals surface area contributed by atoms with Crippen LogP contribution in [-0.4, -0.2) is 33.0 Å². The number of aromatic amines is 1. The first-order chi connectivity index (χ1) is 9.36. The number of H-pyrrole nitrogens is 1. The highest BCUT2D eigenvalue weighted by atomic mass is 19.1. The first kappa shape index (κ1) is 14.9. The van der Waals surface area contributed by atoms with Crippen LogP contribution in [0.1, 0.15) is 26.5 Å². The number of rotatable bonds is 3. The number of ether oxygens (including phenoxy) is 1. The molecule has 0 radical (unpaired) electrons. The van der Waals surface area contributed by atoms with E-state index >= 15 is 0 Å². The molecule has 6 nitrogen and oxygen atoms in total. The van der Waals surface area contributed by atoms with Crippen molar-refractivity contribution in [3.05, 3.63) is 32.9 Å². The minimum atomic E-state index is -1.24. The van der Waals surface area contributed by atoms with Crippen molar-refractivity contribution in [1.82, 2.24) is 9.55 Å². The predicted molar refractivity (Wildman–Crippen MR) is 65.6 cm³/mol. The largest absolute Gasteiger partial charge is 0.388 e. The lowest BCUT2D eigenvalue weighted by Gasteiger charge is -2.28. The van der Waals surface area contributed by atoms with Gasteiger partial charge in [-0.2, -0.15) is 4.39 Å². The van der Waals surface area contributed by atoms with Crippen LogP contribution in [0.5, 0.6) is 0 Å². The molecule has 20 heavy (non-hydrogen) atoms. The second-order valence-electron chi connectivity index (χ2n) is 4.98. The van der Waals surface area contributed by atoms with Crippen molar-refractivity contribution in [2.45, 2.75) is 38.2 Å². The summed E-state index contributed by atoms with van der Waals surface area (Å²) in [6, 6.07) is 0. The average molecular weight is 290 g/mol. The highest BCUT2D eigenvalue weighted by Crippen LogP contribution is 2.43. The fourth-order valence-corrected chi connectivity index (χ4v) is 2.50. The molecule has 1 aromatic rings. The van der Waals surface area contributed by atoms with Gasteiger partial charge in [-0.3, -0.25) is 14.3 Å². The van der Waals surface area contributed by atoms with Gasteiger partial charge in [0.25, 0.3) is 5.56 Å². The monoisotopic (exact) mass is 290 g/mol. The second-order valence-corrected chi connectivity index (χ2v) is 4.98. The number of alkyl halides is 1. The van der Waals surface area contributed by atoms with Crippen molar-refractivity contribution < 1.29 is 18.6 Å². The quantitative estimate of drug-likeness (QED) is 0.839. The van der Waals surface area contributed by atoms with E-state index in [9.17, 15) is 23.5 Å². The smallest absolute Gasteiger partial charge is 0.330 e. The SMILES string of the molecule is CC[C@@]1(CF)O[C@@H](n2cc(F)c(=O)[nH]c2=O)[C@@H](O)[C@@H]1C. The summed E-state index contributed by atoms with van der Waals surface area (Å²) in [4.78, 5) is 24.4. The zero-order valence-electron chi connectivity index (χ0n) is 11.1. The molecule has 2 heterocycles. The molecular formula is C12H16F2N2O4. The maximum Gasteiger partial charge on any atom is 0.330 e. The Morgan fingerprint density at radius 3 is 2.70 bits per heavy atom. The molecule has 0 aromatic carbocycles. The van der Waals surface area contributed by atoms with Crippen LogP contribution in [0.4, 0.5) is 8.78 Å². The number of nitrogens with one attached hydrogen (secondary N) is 1. The van der Waals surface area contributed by atoms with Gasteiger partial charge in [0.15, 0.2) is 6.23 Å². The molecular weight excluding hydrogens is 274 g/mol. The molecule has 0 aliphatic carbocycles. The van der Waals surface area contributed by atoms with Gasteiger partial charge in [0.05, 0.1) is 6.20 Å². The van der Waals surface area contributed by atoms with Gasteiger partial charge in [-0.1, -0.05) is 13.8 Å². The van der Waals surface area contributed by atoms with Crippen LogP contribution in [0, 0.1) is 11.7 Å². The van der Waals surface area contributed by atoms with Crippen molar-refractivity contribution in [1.29, 1.82) is 0 Å². The lowest BCUT2D eigenvalue weighted by atomic mass is 9.86. The Labute approximate surface area is 113 Å². The Morgan fingerprint density at radius 2 is 2.20 bits per heavy atom. The van der Waals surface area contributed by atoms with E-state index in [1.54, 1.807) is 18.8 Å². The van der Waals surface area contributed by atoms with Crippen LogP contribution >= 0.6 is 0 Å². The maximum absolute atomic E-state index is 13.3. The molecule has 2 rings (SSSR count). The van der Waals surface area contributed by atoms with Gasteiger partial charge in [-0.25, -0.2) is 9.18 Å². The zero-order valence-corrected chi connectivity index (χ0v) is 11.1. The van der Waals surface area contributed by atoms with Crippen molar-refractivity contribution in [3.8, 4) is 0 Å². The fourth-order valence-electron chi connectivity index (χ4n) is 2.50. The molecule has 0 spiro atoms. The number of aliphatic hydroxyl groups excluding tert-OH is 1. The molecule has 0 amide bonds. The topological polar surface area (TPSA) is 84.3 Å².